The van der Waals surface area contributed by atoms with Crippen molar-refractivity contribution in [3.8, 4) is 0 Å². The molecule has 0 bridgehead atoms. The van der Waals surface area contributed by atoms with Gasteiger partial charge in [-0.2, -0.15) is 0 Å². The standard InChI is InChI=1S/C15H24N4O/c1-12(17-19-9-7-18(3)8-10-19)14-5-4-6-15(11-14)16-13(2)20/h4-6,11-12,17H,7-10H2,1-3H3,(H,16,20). The zero-order valence-electron chi connectivity index (χ0n) is 12.5. The minimum absolute atomic E-state index is 0.0400. The van der Waals surface area contributed by atoms with Gasteiger partial charge in [0.15, 0.2) is 0 Å². The minimum Gasteiger partial charge on any atom is -0.326 e. The molecule has 1 unspecified atom stereocenters. The van der Waals surface area contributed by atoms with E-state index >= 15 is 0 Å². The quantitative estimate of drug-likeness (QED) is 0.874. The molecule has 0 spiro atoms. The van der Waals surface area contributed by atoms with E-state index in [1.54, 1.807) is 0 Å². The fraction of sp³-hybridized carbons (Fsp3) is 0.533. The smallest absolute Gasteiger partial charge is 0.221 e. The minimum atomic E-state index is -0.0400. The van der Waals surface area contributed by atoms with E-state index in [-0.39, 0.29) is 11.9 Å². The van der Waals surface area contributed by atoms with Crippen LogP contribution in [-0.4, -0.2) is 49.0 Å². The van der Waals surface area contributed by atoms with Crippen LogP contribution in [-0.2, 0) is 4.79 Å². The van der Waals surface area contributed by atoms with Crippen molar-refractivity contribution in [1.29, 1.82) is 0 Å². The van der Waals surface area contributed by atoms with Gasteiger partial charge in [-0.15, -0.1) is 0 Å². The van der Waals surface area contributed by atoms with Crippen LogP contribution in [0.5, 0.6) is 0 Å². The third-order valence-electron chi connectivity index (χ3n) is 3.59. The maximum Gasteiger partial charge on any atom is 0.221 e. The molecule has 1 amide bonds. The first kappa shape index (κ1) is 15.0. The Balaban J connectivity index is 1.94. The van der Waals surface area contributed by atoms with Gasteiger partial charge in [-0.05, 0) is 31.7 Å². The number of nitrogens with one attached hydrogen (secondary N) is 2. The van der Waals surface area contributed by atoms with Crippen molar-refractivity contribution in [2.75, 3.05) is 38.5 Å². The molecule has 0 saturated carbocycles. The van der Waals surface area contributed by atoms with Crippen LogP contribution in [0.15, 0.2) is 24.3 Å². The summed E-state index contributed by atoms with van der Waals surface area (Å²) in [5.41, 5.74) is 5.56. The fourth-order valence-electron chi connectivity index (χ4n) is 2.37. The maximum absolute atomic E-state index is 11.1. The third kappa shape index (κ3) is 4.30. The Hall–Kier alpha value is -1.43. The molecule has 1 aliphatic rings. The number of carbonyl (C=O) groups is 1. The predicted octanol–water partition coefficient (Wildman–Crippen LogP) is 1.46. The first-order valence-electron chi connectivity index (χ1n) is 7.12. The molecule has 0 aromatic heterocycles. The van der Waals surface area contributed by atoms with Gasteiger partial charge in [-0.25, -0.2) is 10.4 Å². The normalized spacial score (nSPS) is 18.8. The van der Waals surface area contributed by atoms with E-state index < -0.39 is 0 Å². The Morgan fingerprint density at radius 2 is 1.95 bits per heavy atom. The lowest BCUT2D eigenvalue weighted by Crippen LogP contribution is -2.51. The Bertz CT molecular complexity index is 455. The van der Waals surface area contributed by atoms with E-state index in [1.807, 2.05) is 18.2 Å². The summed E-state index contributed by atoms with van der Waals surface area (Å²) in [5.74, 6) is -0.0400. The summed E-state index contributed by atoms with van der Waals surface area (Å²) in [6.45, 7) is 7.92. The molecule has 1 saturated heterocycles. The molecule has 5 nitrogen and oxygen atoms in total. The molecular weight excluding hydrogens is 252 g/mol. The van der Waals surface area contributed by atoms with Crippen molar-refractivity contribution in [1.82, 2.24) is 15.3 Å². The zero-order valence-corrected chi connectivity index (χ0v) is 12.5. The van der Waals surface area contributed by atoms with Gasteiger partial charge in [0, 0.05) is 44.8 Å². The van der Waals surface area contributed by atoms with Gasteiger partial charge >= 0.3 is 0 Å². The number of likely N-dealkylation sites (N-methyl/N-ethyl adjacent to an activating group) is 1. The molecule has 1 atom stereocenters. The van der Waals surface area contributed by atoms with Crippen molar-refractivity contribution in [3.63, 3.8) is 0 Å². The highest BCUT2D eigenvalue weighted by molar-refractivity contribution is 5.88. The molecule has 20 heavy (non-hydrogen) atoms. The summed E-state index contributed by atoms with van der Waals surface area (Å²) in [6.07, 6.45) is 0. The number of piperazine rings is 1. The number of carbonyl (C=O) groups excluding carboxylic acids is 1. The molecule has 2 rings (SSSR count). The highest BCUT2D eigenvalue weighted by Gasteiger charge is 2.16. The molecule has 1 aliphatic heterocycles. The number of benzene rings is 1. The molecule has 1 fully saturated rings. The van der Waals surface area contributed by atoms with E-state index in [0.717, 1.165) is 31.9 Å². The second-order valence-electron chi connectivity index (χ2n) is 5.45. The predicted molar refractivity (Wildman–Crippen MR) is 81.4 cm³/mol. The van der Waals surface area contributed by atoms with Crippen LogP contribution >= 0.6 is 0 Å². The van der Waals surface area contributed by atoms with Gasteiger partial charge in [-0.1, -0.05) is 12.1 Å². The van der Waals surface area contributed by atoms with Crippen molar-refractivity contribution >= 4 is 11.6 Å². The second kappa shape index (κ2) is 6.83. The first-order chi connectivity index (χ1) is 9.54. The van der Waals surface area contributed by atoms with E-state index in [4.69, 9.17) is 0 Å². The van der Waals surface area contributed by atoms with Gasteiger partial charge in [0.25, 0.3) is 0 Å². The van der Waals surface area contributed by atoms with E-state index in [2.05, 4.69) is 40.7 Å². The average molecular weight is 276 g/mol. The molecule has 2 N–H and O–H groups in total. The number of amides is 1. The number of hydrogen-bond donors (Lipinski definition) is 2. The monoisotopic (exact) mass is 276 g/mol. The number of anilines is 1. The lowest BCUT2D eigenvalue weighted by Gasteiger charge is -2.34. The Morgan fingerprint density at radius 1 is 1.25 bits per heavy atom. The highest BCUT2D eigenvalue weighted by Crippen LogP contribution is 2.18. The van der Waals surface area contributed by atoms with E-state index in [0.29, 0.717) is 0 Å². The molecule has 1 heterocycles. The first-order valence-corrected chi connectivity index (χ1v) is 7.12. The van der Waals surface area contributed by atoms with E-state index in [1.165, 1.54) is 12.5 Å². The van der Waals surface area contributed by atoms with Crippen LogP contribution in [0.1, 0.15) is 25.5 Å². The van der Waals surface area contributed by atoms with Crippen LogP contribution in [0, 0.1) is 0 Å². The number of hydrogen-bond acceptors (Lipinski definition) is 4. The molecule has 5 heteroatoms. The van der Waals surface area contributed by atoms with Gasteiger partial charge in [0.1, 0.15) is 0 Å². The number of nitrogens with zero attached hydrogens (tertiary/aromatic N) is 2. The van der Waals surface area contributed by atoms with E-state index in [9.17, 15) is 4.79 Å². The molecule has 0 radical (unpaired) electrons. The molecule has 0 aliphatic carbocycles. The van der Waals surface area contributed by atoms with Crippen LogP contribution in [0.3, 0.4) is 0 Å². The van der Waals surface area contributed by atoms with Gasteiger partial charge < -0.3 is 10.2 Å². The average Bonchev–Trinajstić information content (AvgIpc) is 2.41. The fourth-order valence-corrected chi connectivity index (χ4v) is 2.37. The molecule has 1 aromatic carbocycles. The molecule has 1 aromatic rings. The second-order valence-corrected chi connectivity index (χ2v) is 5.45. The SMILES string of the molecule is CC(=O)Nc1cccc(C(C)NN2CCN(C)CC2)c1. The van der Waals surface area contributed by atoms with Crippen molar-refractivity contribution in [2.24, 2.45) is 0 Å². The topological polar surface area (TPSA) is 47.6 Å². The summed E-state index contributed by atoms with van der Waals surface area (Å²) < 4.78 is 0. The van der Waals surface area contributed by atoms with Crippen molar-refractivity contribution < 1.29 is 4.79 Å². The lowest BCUT2D eigenvalue weighted by atomic mass is 10.1. The maximum atomic E-state index is 11.1. The van der Waals surface area contributed by atoms with Gasteiger partial charge in [0.05, 0.1) is 0 Å². The lowest BCUT2D eigenvalue weighted by molar-refractivity contribution is -0.114. The third-order valence-corrected chi connectivity index (χ3v) is 3.59. The van der Waals surface area contributed by atoms with Crippen molar-refractivity contribution in [2.45, 2.75) is 19.9 Å². The molecular formula is C15H24N4O. The Morgan fingerprint density at radius 3 is 2.60 bits per heavy atom. The Kier molecular flexibility index (Phi) is 5.11. The highest BCUT2D eigenvalue weighted by atomic mass is 16.1. The summed E-state index contributed by atoms with van der Waals surface area (Å²) >= 11 is 0. The summed E-state index contributed by atoms with van der Waals surface area (Å²) in [6, 6.07) is 8.22. The number of rotatable bonds is 4. The van der Waals surface area contributed by atoms with Crippen molar-refractivity contribution in [3.05, 3.63) is 29.8 Å². The largest absolute Gasteiger partial charge is 0.326 e. The van der Waals surface area contributed by atoms with Gasteiger partial charge in [-0.3, -0.25) is 4.79 Å². The summed E-state index contributed by atoms with van der Waals surface area (Å²) in [5, 5.41) is 5.10. The number of hydrazine groups is 1. The van der Waals surface area contributed by atoms with Crippen LogP contribution in [0.2, 0.25) is 0 Å². The van der Waals surface area contributed by atoms with Crippen LogP contribution in [0.25, 0.3) is 0 Å². The Labute approximate surface area is 120 Å². The van der Waals surface area contributed by atoms with Gasteiger partial charge in [0.2, 0.25) is 5.91 Å². The summed E-state index contributed by atoms with van der Waals surface area (Å²) in [4.78, 5) is 13.4. The molecule has 110 valence electrons. The van der Waals surface area contributed by atoms with Crippen LogP contribution in [0.4, 0.5) is 5.69 Å². The van der Waals surface area contributed by atoms with Crippen LogP contribution < -0.4 is 10.7 Å². The zero-order chi connectivity index (χ0) is 14.5. The summed E-state index contributed by atoms with van der Waals surface area (Å²) in [7, 11) is 2.15.